The van der Waals surface area contributed by atoms with Gasteiger partial charge in [0.25, 0.3) is 15.7 Å². The van der Waals surface area contributed by atoms with Crippen LogP contribution in [0.15, 0.2) is 72.8 Å². The van der Waals surface area contributed by atoms with Crippen LogP contribution in [0.2, 0.25) is 0 Å². The Morgan fingerprint density at radius 2 is 1.70 bits per heavy atom. The monoisotopic (exact) mass is 581 g/mol. The Kier molecular flexibility index (Phi) is 8.33. The van der Waals surface area contributed by atoms with E-state index >= 15 is 0 Å². The van der Waals surface area contributed by atoms with Gasteiger partial charge in [-0.15, -0.1) is 13.2 Å². The first-order chi connectivity index (χ1) is 18.8. The average molecular weight is 582 g/mol. The lowest BCUT2D eigenvalue weighted by Crippen LogP contribution is -2.58. The van der Waals surface area contributed by atoms with Crippen LogP contribution in [0.3, 0.4) is 0 Å². The summed E-state index contributed by atoms with van der Waals surface area (Å²) in [6.45, 7) is 1.49. The van der Waals surface area contributed by atoms with Gasteiger partial charge in [0, 0.05) is 37.6 Å². The third-order valence-corrected chi connectivity index (χ3v) is 7.64. The van der Waals surface area contributed by atoms with E-state index in [0.29, 0.717) is 30.8 Å². The zero-order valence-corrected chi connectivity index (χ0v) is 21.8. The Hall–Kier alpha value is -3.75. The molecule has 1 heterocycles. The van der Waals surface area contributed by atoms with Gasteiger partial charge in [-0.2, -0.15) is 8.42 Å². The van der Waals surface area contributed by atoms with E-state index in [0.717, 1.165) is 11.6 Å². The fourth-order valence-corrected chi connectivity index (χ4v) is 5.83. The average Bonchev–Trinajstić information content (AvgIpc) is 2.89. The van der Waals surface area contributed by atoms with E-state index in [2.05, 4.69) is 4.74 Å². The van der Waals surface area contributed by atoms with Crippen LogP contribution in [-0.2, 0) is 21.5 Å². The van der Waals surface area contributed by atoms with Gasteiger partial charge in [0.05, 0.1) is 0 Å². The van der Waals surface area contributed by atoms with Crippen molar-refractivity contribution in [1.29, 1.82) is 0 Å². The summed E-state index contributed by atoms with van der Waals surface area (Å²) >= 11 is 0. The minimum Gasteiger partial charge on any atom is -0.406 e. The van der Waals surface area contributed by atoms with Crippen LogP contribution in [0.25, 0.3) is 5.57 Å². The first-order valence-corrected chi connectivity index (χ1v) is 13.8. The summed E-state index contributed by atoms with van der Waals surface area (Å²) in [7, 11) is -4.84. The van der Waals surface area contributed by atoms with Crippen LogP contribution < -0.4 is 4.74 Å². The second-order valence-corrected chi connectivity index (χ2v) is 11.0. The largest absolute Gasteiger partial charge is 0.573 e. The Morgan fingerprint density at radius 3 is 2.25 bits per heavy atom. The maximum absolute atomic E-state index is 13.7. The Labute approximate surface area is 228 Å². The van der Waals surface area contributed by atoms with Gasteiger partial charge >= 0.3 is 6.36 Å². The molecule has 0 spiro atoms. The number of ether oxygens (including phenoxy) is 1. The van der Waals surface area contributed by atoms with Crippen molar-refractivity contribution in [1.82, 2.24) is 9.80 Å². The second-order valence-electron chi connectivity index (χ2n) is 9.57. The van der Waals surface area contributed by atoms with Crippen LogP contribution in [0.1, 0.15) is 11.1 Å². The number of hydrogen-bond donors (Lipinski definition) is 1. The van der Waals surface area contributed by atoms with Crippen molar-refractivity contribution in [2.75, 3.05) is 31.9 Å². The summed E-state index contributed by atoms with van der Waals surface area (Å²) in [5.74, 6) is -3.76. The van der Waals surface area contributed by atoms with Gasteiger partial charge in [-0.1, -0.05) is 54.6 Å². The fourth-order valence-electron chi connectivity index (χ4n) is 4.86. The molecule has 2 aromatic rings. The third-order valence-electron chi connectivity index (χ3n) is 6.81. The summed E-state index contributed by atoms with van der Waals surface area (Å²) in [5, 5.41) is 12.2. The highest BCUT2D eigenvalue weighted by Crippen LogP contribution is 2.36. The zero-order chi connectivity index (χ0) is 29.1. The standard InChI is InChI=1S/C26H26F3N3O7S/c27-26(28,29)39-22-8-6-19(7-9-22)17-30-12-14-31(15-13-30)24(33)23-16-21(20-4-2-1-3-5-20)10-11-25(23,32(34)35)18-40(36,37)38/h1-11,16,23H,12-15,17-18H2,(H,36,37,38). The number of piperazine rings is 1. The highest BCUT2D eigenvalue weighted by molar-refractivity contribution is 7.85. The molecule has 40 heavy (non-hydrogen) atoms. The highest BCUT2D eigenvalue weighted by Gasteiger charge is 2.56. The molecule has 214 valence electrons. The van der Waals surface area contributed by atoms with E-state index in [1.165, 1.54) is 41.3 Å². The molecule has 1 fully saturated rings. The van der Waals surface area contributed by atoms with E-state index in [9.17, 15) is 41.1 Å². The van der Waals surface area contributed by atoms with Crippen LogP contribution in [0.4, 0.5) is 13.2 Å². The van der Waals surface area contributed by atoms with Crippen molar-refractivity contribution in [3.05, 3.63) is 94.1 Å². The molecule has 10 nitrogen and oxygen atoms in total. The predicted octanol–water partition coefficient (Wildman–Crippen LogP) is 3.40. The zero-order valence-electron chi connectivity index (χ0n) is 21.0. The first-order valence-electron chi connectivity index (χ1n) is 12.2. The van der Waals surface area contributed by atoms with Crippen molar-refractivity contribution < 1.29 is 40.6 Å². The van der Waals surface area contributed by atoms with E-state index < -0.39 is 44.5 Å². The number of halogens is 3. The van der Waals surface area contributed by atoms with Crippen molar-refractivity contribution in [2.45, 2.75) is 18.4 Å². The van der Waals surface area contributed by atoms with E-state index in [4.69, 9.17) is 0 Å². The minimum absolute atomic E-state index is 0.183. The third kappa shape index (κ3) is 7.06. The Bertz CT molecular complexity index is 1410. The molecular weight excluding hydrogens is 555 g/mol. The molecular formula is C26H26F3N3O7S. The first kappa shape index (κ1) is 29.2. The molecule has 0 saturated carbocycles. The Balaban J connectivity index is 1.50. The van der Waals surface area contributed by atoms with Crippen LogP contribution in [0.5, 0.6) is 5.75 Å². The summed E-state index contributed by atoms with van der Waals surface area (Å²) in [6, 6.07) is 14.2. The van der Waals surface area contributed by atoms with E-state index in [-0.39, 0.29) is 18.8 Å². The summed E-state index contributed by atoms with van der Waals surface area (Å²) in [4.78, 5) is 28.5. The molecule has 1 aliphatic heterocycles. The topological polar surface area (TPSA) is 130 Å². The molecule has 2 aliphatic rings. The molecule has 2 aromatic carbocycles. The van der Waals surface area contributed by atoms with Gasteiger partial charge in [-0.3, -0.25) is 24.4 Å². The lowest BCUT2D eigenvalue weighted by Gasteiger charge is -2.38. The summed E-state index contributed by atoms with van der Waals surface area (Å²) in [5.41, 5.74) is -0.497. The van der Waals surface area contributed by atoms with Crippen molar-refractivity contribution in [3.8, 4) is 5.75 Å². The molecule has 1 saturated heterocycles. The molecule has 2 unspecified atom stereocenters. The van der Waals surface area contributed by atoms with Crippen LogP contribution in [0, 0.1) is 16.0 Å². The number of nitro groups is 1. The van der Waals surface area contributed by atoms with Crippen molar-refractivity contribution in [3.63, 3.8) is 0 Å². The summed E-state index contributed by atoms with van der Waals surface area (Å²) in [6.07, 6.45) is -0.962. The molecule has 1 aliphatic carbocycles. The van der Waals surface area contributed by atoms with Crippen LogP contribution in [-0.4, -0.2) is 77.4 Å². The van der Waals surface area contributed by atoms with Crippen molar-refractivity contribution in [2.24, 2.45) is 5.92 Å². The fraction of sp³-hybridized carbons (Fsp3) is 0.346. The molecule has 1 amide bonds. The lowest BCUT2D eigenvalue weighted by molar-refractivity contribution is -0.554. The molecule has 4 rings (SSSR count). The van der Waals surface area contributed by atoms with E-state index in [1.54, 1.807) is 30.3 Å². The number of allylic oxidation sites excluding steroid dienone is 2. The second kappa shape index (κ2) is 11.4. The van der Waals surface area contributed by atoms with Gasteiger partial charge in [0.2, 0.25) is 5.91 Å². The number of benzene rings is 2. The van der Waals surface area contributed by atoms with Gasteiger partial charge < -0.3 is 9.64 Å². The number of rotatable bonds is 8. The summed E-state index contributed by atoms with van der Waals surface area (Å²) < 4.78 is 74.2. The van der Waals surface area contributed by atoms with Crippen molar-refractivity contribution >= 4 is 21.6 Å². The predicted molar refractivity (Wildman–Crippen MR) is 138 cm³/mol. The van der Waals surface area contributed by atoms with E-state index in [1.807, 2.05) is 4.90 Å². The molecule has 2 atom stereocenters. The molecule has 1 N–H and O–H groups in total. The molecule has 14 heteroatoms. The number of nitrogens with zero attached hydrogens (tertiary/aromatic N) is 3. The molecule has 0 bridgehead atoms. The number of hydrogen-bond acceptors (Lipinski definition) is 7. The van der Waals surface area contributed by atoms with Gasteiger partial charge in [0.15, 0.2) is 5.75 Å². The number of alkyl halides is 3. The quantitative estimate of drug-likeness (QED) is 0.285. The molecule has 0 aromatic heterocycles. The SMILES string of the molecule is O=C(C1C=C(c2ccccc2)C=CC1(CS(=O)(=O)O)[N+](=O)[O-])N1CCN(Cc2ccc(OC(F)(F)F)cc2)CC1. The van der Waals surface area contributed by atoms with Gasteiger partial charge in [-0.25, -0.2) is 0 Å². The maximum atomic E-state index is 13.7. The number of carbonyl (C=O) groups excluding carboxylic acids is 1. The number of amides is 1. The normalized spacial score (nSPS) is 22.1. The van der Waals surface area contributed by atoms with Crippen LogP contribution >= 0.6 is 0 Å². The Morgan fingerprint density at radius 1 is 1.07 bits per heavy atom. The van der Waals surface area contributed by atoms with Gasteiger partial charge in [-0.05, 0) is 34.9 Å². The van der Waals surface area contributed by atoms with Gasteiger partial charge in [0.1, 0.15) is 11.7 Å². The minimum atomic E-state index is -4.84. The molecule has 0 radical (unpaired) electrons. The smallest absolute Gasteiger partial charge is 0.406 e. The maximum Gasteiger partial charge on any atom is 0.573 e. The highest BCUT2D eigenvalue weighted by atomic mass is 32.2. The number of carbonyl (C=O) groups is 1. The lowest BCUT2D eigenvalue weighted by atomic mass is 9.78.